The lowest BCUT2D eigenvalue weighted by Gasteiger charge is -2.26. The standard InChI is InChI=1S/C28H25FN2O4/c1-16(2)18-6-10-21(11-7-18)33-17(3)28(32)34-22-12-13-23-25(14-22)35-27(31)24(15-30)26(23)19-4-8-20(29)9-5-19/h4-14,16-17,26H,31H2,1-3H3. The molecule has 0 spiro atoms. The molecule has 2 N–H and O–H groups in total. The van der Waals surface area contributed by atoms with E-state index in [0.717, 1.165) is 0 Å². The highest BCUT2D eigenvalue weighted by Crippen LogP contribution is 2.43. The van der Waals surface area contributed by atoms with Crippen LogP contribution in [0.1, 0.15) is 49.3 Å². The summed E-state index contributed by atoms with van der Waals surface area (Å²) in [6, 6.07) is 20.3. The molecule has 0 radical (unpaired) electrons. The van der Waals surface area contributed by atoms with Crippen molar-refractivity contribution in [2.45, 2.75) is 38.7 Å². The van der Waals surface area contributed by atoms with Crippen LogP contribution in [0.4, 0.5) is 4.39 Å². The maximum atomic E-state index is 13.4. The van der Waals surface area contributed by atoms with E-state index < -0.39 is 18.0 Å². The second kappa shape index (κ2) is 9.90. The minimum atomic E-state index is -0.848. The number of rotatable bonds is 6. The van der Waals surface area contributed by atoms with Crippen LogP contribution in [0.15, 0.2) is 78.2 Å². The molecule has 0 aromatic heterocycles. The fraction of sp³-hybridized carbons (Fsp3) is 0.214. The third-order valence-electron chi connectivity index (χ3n) is 5.80. The normalized spacial score (nSPS) is 15.6. The summed E-state index contributed by atoms with van der Waals surface area (Å²) in [5, 5.41) is 9.65. The quantitative estimate of drug-likeness (QED) is 0.374. The molecule has 6 nitrogen and oxygen atoms in total. The Morgan fingerprint density at radius 1 is 1.03 bits per heavy atom. The van der Waals surface area contributed by atoms with Gasteiger partial charge in [-0.15, -0.1) is 0 Å². The summed E-state index contributed by atoms with van der Waals surface area (Å²) in [4.78, 5) is 12.6. The van der Waals surface area contributed by atoms with Crippen LogP contribution in [0.3, 0.4) is 0 Å². The lowest BCUT2D eigenvalue weighted by atomic mass is 9.83. The number of ether oxygens (including phenoxy) is 3. The molecule has 1 aliphatic rings. The molecule has 1 aliphatic heterocycles. The number of carbonyl (C=O) groups excluding carboxylic acids is 1. The van der Waals surface area contributed by atoms with Gasteiger partial charge in [-0.05, 0) is 54.3 Å². The Balaban J connectivity index is 1.52. The Labute approximate surface area is 203 Å². The van der Waals surface area contributed by atoms with Crippen LogP contribution in [-0.2, 0) is 4.79 Å². The summed E-state index contributed by atoms with van der Waals surface area (Å²) >= 11 is 0. The average molecular weight is 473 g/mol. The van der Waals surface area contributed by atoms with Crippen LogP contribution in [0.5, 0.6) is 17.2 Å². The first kappa shape index (κ1) is 23.8. The van der Waals surface area contributed by atoms with Gasteiger partial charge in [0.15, 0.2) is 6.10 Å². The van der Waals surface area contributed by atoms with Crippen LogP contribution in [-0.4, -0.2) is 12.1 Å². The van der Waals surface area contributed by atoms with E-state index in [1.54, 1.807) is 31.2 Å². The van der Waals surface area contributed by atoms with Crippen LogP contribution < -0.4 is 19.9 Å². The number of benzene rings is 3. The van der Waals surface area contributed by atoms with Crippen molar-refractivity contribution in [3.63, 3.8) is 0 Å². The molecular formula is C28H25FN2O4. The zero-order chi connectivity index (χ0) is 25.1. The van der Waals surface area contributed by atoms with Crippen molar-refractivity contribution < 1.29 is 23.4 Å². The van der Waals surface area contributed by atoms with Crippen LogP contribution >= 0.6 is 0 Å². The summed E-state index contributed by atoms with van der Waals surface area (Å²) in [6.07, 6.45) is -0.848. The molecule has 0 fully saturated rings. The number of nitriles is 1. The lowest BCUT2D eigenvalue weighted by molar-refractivity contribution is -0.141. The third-order valence-corrected chi connectivity index (χ3v) is 5.80. The molecular weight excluding hydrogens is 447 g/mol. The SMILES string of the molecule is CC(Oc1ccc(C(C)C)cc1)C(=O)Oc1ccc2c(c1)OC(N)=C(C#N)C2c1ccc(F)cc1. The van der Waals surface area contributed by atoms with E-state index in [4.69, 9.17) is 19.9 Å². The number of halogens is 1. The molecule has 3 aromatic carbocycles. The number of carbonyl (C=O) groups is 1. The number of nitrogens with two attached hydrogens (primary N) is 1. The first-order valence-electron chi connectivity index (χ1n) is 11.2. The summed E-state index contributed by atoms with van der Waals surface area (Å²) in [5.74, 6) is -0.00461. The van der Waals surface area contributed by atoms with Gasteiger partial charge in [0, 0.05) is 11.6 Å². The summed E-state index contributed by atoms with van der Waals surface area (Å²) in [6.45, 7) is 5.81. The van der Waals surface area contributed by atoms with Gasteiger partial charge < -0.3 is 19.9 Å². The maximum absolute atomic E-state index is 13.4. The molecule has 7 heteroatoms. The fourth-order valence-corrected chi connectivity index (χ4v) is 3.88. The van der Waals surface area contributed by atoms with Gasteiger partial charge in [-0.2, -0.15) is 5.26 Å². The number of allylic oxidation sites excluding steroid dienone is 1. The molecule has 35 heavy (non-hydrogen) atoms. The van der Waals surface area contributed by atoms with Crippen LogP contribution in [0, 0.1) is 17.1 Å². The zero-order valence-corrected chi connectivity index (χ0v) is 19.6. The van der Waals surface area contributed by atoms with Gasteiger partial charge in [0.1, 0.15) is 34.7 Å². The average Bonchev–Trinajstić information content (AvgIpc) is 2.84. The smallest absolute Gasteiger partial charge is 0.352 e. The maximum Gasteiger partial charge on any atom is 0.352 e. The Bertz CT molecular complexity index is 1310. The first-order chi connectivity index (χ1) is 16.8. The highest BCUT2D eigenvalue weighted by Gasteiger charge is 2.31. The van der Waals surface area contributed by atoms with Crippen LogP contribution in [0.2, 0.25) is 0 Å². The number of hydrogen-bond donors (Lipinski definition) is 1. The summed E-state index contributed by atoms with van der Waals surface area (Å²) in [5.41, 5.74) is 8.74. The van der Waals surface area contributed by atoms with Crippen molar-refractivity contribution in [3.8, 4) is 23.3 Å². The van der Waals surface area contributed by atoms with E-state index in [1.807, 2.05) is 24.3 Å². The Morgan fingerprint density at radius 2 is 1.69 bits per heavy atom. The molecule has 178 valence electrons. The van der Waals surface area contributed by atoms with E-state index in [2.05, 4.69) is 19.9 Å². The predicted octanol–water partition coefficient (Wildman–Crippen LogP) is 5.54. The molecule has 0 aliphatic carbocycles. The molecule has 0 bridgehead atoms. The van der Waals surface area contributed by atoms with E-state index in [1.165, 1.54) is 23.8 Å². The number of nitrogens with zero attached hydrogens (tertiary/aromatic N) is 1. The summed E-state index contributed by atoms with van der Waals surface area (Å²) < 4.78 is 30.3. The number of fused-ring (bicyclic) bond motifs is 1. The van der Waals surface area contributed by atoms with Crippen molar-refractivity contribution >= 4 is 5.97 Å². The molecule has 0 saturated heterocycles. The fourth-order valence-electron chi connectivity index (χ4n) is 3.88. The highest BCUT2D eigenvalue weighted by molar-refractivity contribution is 5.77. The van der Waals surface area contributed by atoms with Gasteiger partial charge in [-0.1, -0.05) is 44.2 Å². The van der Waals surface area contributed by atoms with Gasteiger partial charge in [0.2, 0.25) is 5.88 Å². The molecule has 0 amide bonds. The Hall–Kier alpha value is -4.31. The van der Waals surface area contributed by atoms with Crippen LogP contribution in [0.25, 0.3) is 0 Å². The number of esters is 1. The Morgan fingerprint density at radius 3 is 2.31 bits per heavy atom. The third kappa shape index (κ3) is 5.12. The van der Waals surface area contributed by atoms with Gasteiger partial charge in [-0.25, -0.2) is 9.18 Å². The molecule has 4 rings (SSSR count). The highest BCUT2D eigenvalue weighted by atomic mass is 19.1. The monoisotopic (exact) mass is 472 g/mol. The minimum Gasteiger partial charge on any atom is -0.479 e. The second-order valence-electron chi connectivity index (χ2n) is 8.58. The lowest BCUT2D eigenvalue weighted by Crippen LogP contribution is -2.28. The molecule has 1 heterocycles. The van der Waals surface area contributed by atoms with Gasteiger partial charge in [-0.3, -0.25) is 0 Å². The van der Waals surface area contributed by atoms with Crippen molar-refractivity contribution in [3.05, 3.63) is 101 Å². The van der Waals surface area contributed by atoms with Crippen molar-refractivity contribution in [2.24, 2.45) is 5.73 Å². The van der Waals surface area contributed by atoms with E-state index in [9.17, 15) is 14.4 Å². The number of hydrogen-bond acceptors (Lipinski definition) is 6. The zero-order valence-electron chi connectivity index (χ0n) is 19.6. The minimum absolute atomic E-state index is 0.0562. The summed E-state index contributed by atoms with van der Waals surface area (Å²) in [7, 11) is 0. The molecule has 2 unspecified atom stereocenters. The largest absolute Gasteiger partial charge is 0.479 e. The van der Waals surface area contributed by atoms with E-state index >= 15 is 0 Å². The van der Waals surface area contributed by atoms with Gasteiger partial charge >= 0.3 is 5.97 Å². The predicted molar refractivity (Wildman–Crippen MR) is 128 cm³/mol. The molecule has 3 aromatic rings. The first-order valence-corrected chi connectivity index (χ1v) is 11.2. The van der Waals surface area contributed by atoms with Gasteiger partial charge in [0.05, 0.1) is 5.92 Å². The van der Waals surface area contributed by atoms with Crippen molar-refractivity contribution in [2.75, 3.05) is 0 Å². The van der Waals surface area contributed by atoms with Crippen molar-refractivity contribution in [1.29, 1.82) is 5.26 Å². The van der Waals surface area contributed by atoms with Crippen molar-refractivity contribution in [1.82, 2.24) is 0 Å². The van der Waals surface area contributed by atoms with E-state index in [-0.39, 0.29) is 23.0 Å². The topological polar surface area (TPSA) is 94.6 Å². The molecule has 0 saturated carbocycles. The second-order valence-corrected chi connectivity index (χ2v) is 8.58. The molecule has 2 atom stereocenters. The van der Waals surface area contributed by atoms with Gasteiger partial charge in [0.25, 0.3) is 0 Å². The Kier molecular flexibility index (Phi) is 6.74. The van der Waals surface area contributed by atoms with E-state index in [0.29, 0.717) is 28.5 Å².